The molecule has 2 N–H and O–H groups in total. The molecule has 4 aromatic rings. The molecule has 0 aliphatic carbocycles. The lowest BCUT2D eigenvalue weighted by atomic mass is 10.1. The third-order valence-corrected chi connectivity index (χ3v) is 5.10. The van der Waals surface area contributed by atoms with Gasteiger partial charge in [0, 0.05) is 35.1 Å². The molecular weight excluding hydrogens is 435 g/mol. The molecule has 0 spiro atoms. The van der Waals surface area contributed by atoms with Crippen molar-refractivity contribution < 1.29 is 18.7 Å². The Kier molecular flexibility index (Phi) is 6.98. The number of aromatic nitrogens is 2. The topological polar surface area (TPSA) is 85.4 Å². The number of nitrogens with one attached hydrogen (secondary N) is 2. The van der Waals surface area contributed by atoms with E-state index in [1.54, 1.807) is 75.0 Å². The van der Waals surface area contributed by atoms with Gasteiger partial charge < -0.3 is 20.1 Å². The van der Waals surface area contributed by atoms with Gasteiger partial charge in [-0.1, -0.05) is 0 Å². The number of anilines is 2. The summed E-state index contributed by atoms with van der Waals surface area (Å²) in [6.45, 7) is 0.298. The molecule has 7 nitrogen and oxygen atoms in total. The first-order valence-corrected chi connectivity index (χ1v) is 10.5. The zero-order chi connectivity index (χ0) is 23.9. The zero-order valence-electron chi connectivity index (χ0n) is 18.7. The van der Waals surface area contributed by atoms with Crippen molar-refractivity contribution in [2.75, 3.05) is 19.5 Å². The van der Waals surface area contributed by atoms with Gasteiger partial charge in [0.25, 0.3) is 5.91 Å². The Balaban J connectivity index is 1.40. The fourth-order valence-corrected chi connectivity index (χ4v) is 3.32. The van der Waals surface area contributed by atoms with E-state index in [-0.39, 0.29) is 11.7 Å². The number of rotatable bonds is 8. The SMILES string of the molecule is COc1ccc(OC)c(CNC(=O)c2ccc(Nc3ccnc(-c4ccc(F)cc4)n3)cc2)c1. The fraction of sp³-hybridized carbons (Fsp3) is 0.115. The van der Waals surface area contributed by atoms with E-state index in [4.69, 9.17) is 9.47 Å². The second-order valence-electron chi connectivity index (χ2n) is 7.34. The summed E-state index contributed by atoms with van der Waals surface area (Å²) in [6.07, 6.45) is 1.63. The highest BCUT2D eigenvalue weighted by molar-refractivity contribution is 5.94. The van der Waals surface area contributed by atoms with Gasteiger partial charge in [0.1, 0.15) is 23.1 Å². The molecule has 1 heterocycles. The summed E-state index contributed by atoms with van der Waals surface area (Å²) in [4.78, 5) is 21.3. The molecule has 0 radical (unpaired) electrons. The summed E-state index contributed by atoms with van der Waals surface area (Å²) >= 11 is 0. The third kappa shape index (κ3) is 5.47. The van der Waals surface area contributed by atoms with E-state index in [9.17, 15) is 9.18 Å². The summed E-state index contributed by atoms with van der Waals surface area (Å²) < 4.78 is 23.8. The van der Waals surface area contributed by atoms with Crippen molar-refractivity contribution in [3.8, 4) is 22.9 Å². The maximum atomic E-state index is 13.2. The van der Waals surface area contributed by atoms with E-state index >= 15 is 0 Å². The third-order valence-electron chi connectivity index (χ3n) is 5.10. The summed E-state index contributed by atoms with van der Waals surface area (Å²) in [5.74, 6) is 1.89. The molecule has 1 amide bonds. The normalized spacial score (nSPS) is 10.4. The highest BCUT2D eigenvalue weighted by atomic mass is 19.1. The molecule has 172 valence electrons. The van der Waals surface area contributed by atoms with Crippen LogP contribution in [0.3, 0.4) is 0 Å². The molecule has 0 unspecified atom stereocenters. The molecule has 0 fully saturated rings. The minimum Gasteiger partial charge on any atom is -0.497 e. The Morgan fingerprint density at radius 1 is 0.941 bits per heavy atom. The smallest absolute Gasteiger partial charge is 0.251 e. The van der Waals surface area contributed by atoms with Gasteiger partial charge in [0.15, 0.2) is 5.82 Å². The fourth-order valence-electron chi connectivity index (χ4n) is 3.32. The summed E-state index contributed by atoms with van der Waals surface area (Å²) in [5.41, 5.74) is 2.80. The van der Waals surface area contributed by atoms with Crippen molar-refractivity contribution in [3.63, 3.8) is 0 Å². The first kappa shape index (κ1) is 22.7. The average Bonchev–Trinajstić information content (AvgIpc) is 2.88. The number of amides is 1. The number of benzene rings is 3. The minimum absolute atomic E-state index is 0.211. The summed E-state index contributed by atoms with van der Waals surface area (Å²) in [6, 6.07) is 20.2. The van der Waals surface area contributed by atoms with Crippen LogP contribution in [-0.4, -0.2) is 30.1 Å². The average molecular weight is 458 g/mol. The van der Waals surface area contributed by atoms with Crippen molar-refractivity contribution in [1.29, 1.82) is 0 Å². The lowest BCUT2D eigenvalue weighted by Crippen LogP contribution is -2.23. The van der Waals surface area contributed by atoms with E-state index in [1.807, 2.05) is 6.07 Å². The van der Waals surface area contributed by atoms with Gasteiger partial charge in [0.2, 0.25) is 0 Å². The molecular formula is C26H23FN4O3. The highest BCUT2D eigenvalue weighted by Gasteiger charge is 2.10. The molecule has 4 rings (SSSR count). The number of carbonyl (C=O) groups excluding carboxylic acids is 1. The zero-order valence-corrected chi connectivity index (χ0v) is 18.7. The number of halogens is 1. The maximum absolute atomic E-state index is 13.2. The lowest BCUT2D eigenvalue weighted by molar-refractivity contribution is 0.0950. The molecule has 0 saturated heterocycles. The first-order valence-electron chi connectivity index (χ1n) is 10.5. The van der Waals surface area contributed by atoms with Gasteiger partial charge in [-0.25, -0.2) is 14.4 Å². The van der Waals surface area contributed by atoms with Gasteiger partial charge in [-0.2, -0.15) is 0 Å². The van der Waals surface area contributed by atoms with E-state index in [2.05, 4.69) is 20.6 Å². The van der Waals surface area contributed by atoms with Crippen LogP contribution in [0.15, 0.2) is 79.0 Å². The Labute approximate surface area is 196 Å². The van der Waals surface area contributed by atoms with Crippen molar-refractivity contribution in [1.82, 2.24) is 15.3 Å². The monoisotopic (exact) mass is 458 g/mol. The number of nitrogens with zero attached hydrogens (tertiary/aromatic N) is 2. The molecule has 3 aromatic carbocycles. The van der Waals surface area contributed by atoms with Crippen LogP contribution in [0.5, 0.6) is 11.5 Å². The molecule has 0 aliphatic heterocycles. The Hall–Kier alpha value is -4.46. The Morgan fingerprint density at radius 2 is 1.71 bits per heavy atom. The van der Waals surface area contributed by atoms with Crippen LogP contribution in [-0.2, 0) is 6.54 Å². The van der Waals surface area contributed by atoms with Crippen molar-refractivity contribution in [2.45, 2.75) is 6.54 Å². The van der Waals surface area contributed by atoms with Crippen LogP contribution in [0.25, 0.3) is 11.4 Å². The predicted molar refractivity (Wildman–Crippen MR) is 128 cm³/mol. The highest BCUT2D eigenvalue weighted by Crippen LogP contribution is 2.24. The van der Waals surface area contributed by atoms with Gasteiger partial charge in [0.05, 0.1) is 14.2 Å². The van der Waals surface area contributed by atoms with Crippen molar-refractivity contribution in [3.05, 3.63) is 95.9 Å². The quantitative estimate of drug-likeness (QED) is 0.388. The van der Waals surface area contributed by atoms with Gasteiger partial charge in [-0.05, 0) is 72.8 Å². The molecule has 8 heteroatoms. The standard InChI is InChI=1S/C26H23FN4O3/c1-33-22-11-12-23(34-2)19(15-22)16-29-26(32)18-5-9-21(10-6-18)30-24-13-14-28-25(31-24)17-3-7-20(27)8-4-17/h3-15H,16H2,1-2H3,(H,29,32)(H,28,30,31). The second-order valence-corrected chi connectivity index (χ2v) is 7.34. The Morgan fingerprint density at radius 3 is 2.41 bits per heavy atom. The summed E-state index contributed by atoms with van der Waals surface area (Å²) in [7, 11) is 3.17. The van der Waals surface area contributed by atoms with Crippen LogP contribution in [0, 0.1) is 5.82 Å². The van der Waals surface area contributed by atoms with Gasteiger partial charge in [-0.3, -0.25) is 4.79 Å². The van der Waals surface area contributed by atoms with Crippen LogP contribution in [0.4, 0.5) is 15.9 Å². The largest absolute Gasteiger partial charge is 0.497 e. The molecule has 0 atom stereocenters. The minimum atomic E-state index is -0.315. The molecule has 0 saturated carbocycles. The van der Waals surface area contributed by atoms with Crippen LogP contribution in [0.2, 0.25) is 0 Å². The first-order chi connectivity index (χ1) is 16.6. The molecule has 0 aliphatic rings. The second kappa shape index (κ2) is 10.4. The van der Waals surface area contributed by atoms with Crippen molar-refractivity contribution >= 4 is 17.4 Å². The van der Waals surface area contributed by atoms with Gasteiger partial charge in [-0.15, -0.1) is 0 Å². The Bertz CT molecular complexity index is 1280. The summed E-state index contributed by atoms with van der Waals surface area (Å²) in [5, 5.41) is 6.09. The molecule has 0 bridgehead atoms. The van der Waals surface area contributed by atoms with E-state index in [0.29, 0.717) is 40.8 Å². The van der Waals surface area contributed by atoms with Crippen LogP contribution >= 0.6 is 0 Å². The number of carbonyl (C=O) groups is 1. The van der Waals surface area contributed by atoms with Crippen LogP contribution in [0.1, 0.15) is 15.9 Å². The maximum Gasteiger partial charge on any atom is 0.251 e. The van der Waals surface area contributed by atoms with E-state index in [0.717, 1.165) is 11.3 Å². The number of hydrogen-bond donors (Lipinski definition) is 2. The van der Waals surface area contributed by atoms with Crippen LogP contribution < -0.4 is 20.1 Å². The van der Waals surface area contributed by atoms with Gasteiger partial charge >= 0.3 is 0 Å². The van der Waals surface area contributed by atoms with Crippen molar-refractivity contribution in [2.24, 2.45) is 0 Å². The predicted octanol–water partition coefficient (Wildman–Crippen LogP) is 4.97. The lowest BCUT2D eigenvalue weighted by Gasteiger charge is -2.12. The molecule has 1 aromatic heterocycles. The number of hydrogen-bond acceptors (Lipinski definition) is 6. The molecule has 34 heavy (non-hydrogen) atoms. The van der Waals surface area contributed by atoms with E-state index in [1.165, 1.54) is 12.1 Å². The number of ether oxygens (including phenoxy) is 2. The van der Waals surface area contributed by atoms with E-state index < -0.39 is 0 Å². The number of methoxy groups -OCH3 is 2.